The number of pyridine rings is 1. The second-order valence-electron chi connectivity index (χ2n) is 6.31. The first-order valence-corrected chi connectivity index (χ1v) is 9.75. The first-order valence-electron chi connectivity index (χ1n) is 8.93. The van der Waals surface area contributed by atoms with Gasteiger partial charge >= 0.3 is 5.97 Å². The van der Waals surface area contributed by atoms with Gasteiger partial charge in [0.1, 0.15) is 10.6 Å². The molecule has 3 aromatic rings. The maximum atomic E-state index is 12.8. The van der Waals surface area contributed by atoms with Crippen LogP contribution in [-0.4, -0.2) is 27.9 Å². The first-order chi connectivity index (χ1) is 12.9. The van der Waals surface area contributed by atoms with E-state index in [9.17, 15) is 9.59 Å². The maximum absolute atomic E-state index is 12.8. The molecule has 142 valence electrons. The van der Waals surface area contributed by atoms with E-state index >= 15 is 0 Å². The van der Waals surface area contributed by atoms with E-state index in [2.05, 4.69) is 17.2 Å². The molecule has 0 aliphatic rings. The second-order valence-corrected chi connectivity index (χ2v) is 7.53. The van der Waals surface area contributed by atoms with Gasteiger partial charge < -0.3 is 14.5 Å². The number of nitrogens with one attached hydrogen (secondary N) is 1. The lowest BCUT2D eigenvalue weighted by Gasteiger charge is -2.08. The molecule has 0 aromatic carbocycles. The summed E-state index contributed by atoms with van der Waals surface area (Å²) in [5, 5.41) is 3.40. The van der Waals surface area contributed by atoms with Gasteiger partial charge in [0.25, 0.3) is 5.91 Å². The van der Waals surface area contributed by atoms with Crippen LogP contribution in [0.15, 0.2) is 18.3 Å². The van der Waals surface area contributed by atoms with Crippen LogP contribution in [0.4, 0.5) is 5.00 Å². The van der Waals surface area contributed by atoms with Gasteiger partial charge in [-0.1, -0.05) is 6.92 Å². The van der Waals surface area contributed by atoms with Crippen LogP contribution in [-0.2, 0) is 11.2 Å². The van der Waals surface area contributed by atoms with Crippen molar-refractivity contribution >= 4 is 33.9 Å². The minimum absolute atomic E-state index is 0.269. The SMILES string of the molecule is CCOC(=O)c1c(NC(=O)c2ccc3nc(CC)c(C)n3c2)sc(C)c1C. The third-order valence-electron chi connectivity index (χ3n) is 4.64. The summed E-state index contributed by atoms with van der Waals surface area (Å²) in [6, 6.07) is 3.58. The van der Waals surface area contributed by atoms with Crippen molar-refractivity contribution in [2.24, 2.45) is 0 Å². The molecular weight excluding hydrogens is 362 g/mol. The Morgan fingerprint density at radius 1 is 1.22 bits per heavy atom. The highest BCUT2D eigenvalue weighted by atomic mass is 32.1. The standard InChI is InChI=1S/C20H23N3O3S/c1-6-15-12(4)23-10-14(8-9-16(23)21-15)18(24)22-19-17(20(25)26-7-2)11(3)13(5)27-19/h8-10H,6-7H2,1-5H3,(H,22,24). The van der Waals surface area contributed by atoms with Crippen LogP contribution in [0.2, 0.25) is 0 Å². The molecule has 0 radical (unpaired) electrons. The number of ether oxygens (including phenoxy) is 1. The van der Waals surface area contributed by atoms with Crippen molar-refractivity contribution in [2.45, 2.75) is 41.0 Å². The average Bonchev–Trinajstić information content (AvgIpc) is 3.11. The minimum atomic E-state index is -0.414. The third-order valence-corrected chi connectivity index (χ3v) is 5.77. The van der Waals surface area contributed by atoms with Crippen molar-refractivity contribution in [1.29, 1.82) is 0 Å². The summed E-state index contributed by atoms with van der Waals surface area (Å²) in [6.07, 6.45) is 2.62. The number of thiophene rings is 1. The fourth-order valence-electron chi connectivity index (χ4n) is 3.02. The van der Waals surface area contributed by atoms with Crippen molar-refractivity contribution in [3.8, 4) is 0 Å². The molecule has 3 heterocycles. The molecule has 0 atom stereocenters. The number of amides is 1. The zero-order valence-electron chi connectivity index (χ0n) is 16.2. The molecule has 0 saturated carbocycles. The fourth-order valence-corrected chi connectivity index (χ4v) is 4.06. The molecule has 0 spiro atoms. The van der Waals surface area contributed by atoms with E-state index in [0.29, 0.717) is 16.1 Å². The predicted molar refractivity (Wildman–Crippen MR) is 107 cm³/mol. The molecule has 27 heavy (non-hydrogen) atoms. The van der Waals surface area contributed by atoms with E-state index in [-0.39, 0.29) is 12.5 Å². The number of anilines is 1. The summed E-state index contributed by atoms with van der Waals surface area (Å²) in [5.74, 6) is -0.682. The van der Waals surface area contributed by atoms with E-state index in [1.54, 1.807) is 19.2 Å². The van der Waals surface area contributed by atoms with Gasteiger partial charge in [-0.15, -0.1) is 11.3 Å². The number of carbonyl (C=O) groups is 2. The zero-order valence-corrected chi connectivity index (χ0v) is 17.0. The van der Waals surface area contributed by atoms with Crippen LogP contribution in [0.1, 0.15) is 56.4 Å². The van der Waals surface area contributed by atoms with Gasteiger partial charge in [0.2, 0.25) is 0 Å². The Kier molecular flexibility index (Phi) is 5.32. The number of esters is 1. The fraction of sp³-hybridized carbons (Fsp3) is 0.350. The van der Waals surface area contributed by atoms with Gasteiger partial charge in [-0.05, 0) is 51.8 Å². The Labute approximate surface area is 162 Å². The van der Waals surface area contributed by atoms with Crippen LogP contribution >= 0.6 is 11.3 Å². The lowest BCUT2D eigenvalue weighted by molar-refractivity contribution is 0.0527. The maximum Gasteiger partial charge on any atom is 0.341 e. The molecule has 0 unspecified atom stereocenters. The van der Waals surface area contributed by atoms with Crippen molar-refractivity contribution in [3.63, 3.8) is 0 Å². The lowest BCUT2D eigenvalue weighted by atomic mass is 10.1. The van der Waals surface area contributed by atoms with E-state index in [4.69, 9.17) is 4.74 Å². The van der Waals surface area contributed by atoms with Crippen molar-refractivity contribution in [1.82, 2.24) is 9.38 Å². The number of rotatable bonds is 5. The highest BCUT2D eigenvalue weighted by Crippen LogP contribution is 2.33. The summed E-state index contributed by atoms with van der Waals surface area (Å²) in [5.41, 5.74) is 4.63. The molecule has 0 aliphatic heterocycles. The highest BCUT2D eigenvalue weighted by Gasteiger charge is 2.22. The largest absolute Gasteiger partial charge is 0.462 e. The number of hydrogen-bond donors (Lipinski definition) is 1. The highest BCUT2D eigenvalue weighted by molar-refractivity contribution is 7.16. The van der Waals surface area contributed by atoms with Crippen LogP contribution in [0.5, 0.6) is 0 Å². The number of carbonyl (C=O) groups excluding carboxylic acids is 2. The molecular formula is C20H23N3O3S. The number of nitrogens with zero attached hydrogens (tertiary/aromatic N) is 2. The van der Waals surface area contributed by atoms with Gasteiger partial charge in [-0.2, -0.15) is 0 Å². The number of hydrogen-bond acceptors (Lipinski definition) is 5. The quantitative estimate of drug-likeness (QED) is 0.664. The summed E-state index contributed by atoms with van der Waals surface area (Å²) in [4.78, 5) is 30.6. The predicted octanol–water partition coefficient (Wildman–Crippen LogP) is 4.31. The van der Waals surface area contributed by atoms with Crippen molar-refractivity contribution < 1.29 is 14.3 Å². The Morgan fingerprint density at radius 3 is 2.63 bits per heavy atom. The minimum Gasteiger partial charge on any atom is -0.462 e. The van der Waals surface area contributed by atoms with Gasteiger partial charge in [0.15, 0.2) is 0 Å². The van der Waals surface area contributed by atoms with E-state index in [0.717, 1.165) is 33.9 Å². The van der Waals surface area contributed by atoms with Gasteiger partial charge in [-0.25, -0.2) is 9.78 Å². The molecule has 0 aliphatic carbocycles. The molecule has 0 fully saturated rings. The monoisotopic (exact) mass is 385 g/mol. The number of imidazole rings is 1. The Morgan fingerprint density at radius 2 is 1.96 bits per heavy atom. The molecule has 1 amide bonds. The Balaban J connectivity index is 1.94. The summed E-state index contributed by atoms with van der Waals surface area (Å²) in [6.45, 7) is 9.88. The van der Waals surface area contributed by atoms with Gasteiger partial charge in [-0.3, -0.25) is 4.79 Å². The van der Waals surface area contributed by atoms with Gasteiger partial charge in [0, 0.05) is 16.8 Å². The Bertz CT molecular complexity index is 1030. The second kappa shape index (κ2) is 7.52. The molecule has 0 bridgehead atoms. The van der Waals surface area contributed by atoms with Gasteiger partial charge in [0.05, 0.1) is 23.4 Å². The average molecular weight is 385 g/mol. The van der Waals surface area contributed by atoms with Crippen molar-refractivity contribution in [2.75, 3.05) is 11.9 Å². The Hall–Kier alpha value is -2.67. The third kappa shape index (κ3) is 3.47. The molecule has 3 aromatic heterocycles. The van der Waals surface area contributed by atoms with E-state index in [1.165, 1.54) is 11.3 Å². The lowest BCUT2D eigenvalue weighted by Crippen LogP contribution is -2.15. The van der Waals surface area contributed by atoms with Crippen LogP contribution in [0.3, 0.4) is 0 Å². The first kappa shape index (κ1) is 19.1. The zero-order chi connectivity index (χ0) is 19.7. The number of aromatic nitrogens is 2. The molecule has 3 rings (SSSR count). The molecule has 1 N–H and O–H groups in total. The van der Waals surface area contributed by atoms with Crippen molar-refractivity contribution in [3.05, 3.63) is 51.3 Å². The van der Waals surface area contributed by atoms with E-state index in [1.807, 2.05) is 31.2 Å². The topological polar surface area (TPSA) is 72.7 Å². The normalized spacial score (nSPS) is 11.0. The summed E-state index contributed by atoms with van der Waals surface area (Å²) >= 11 is 1.38. The number of aryl methyl sites for hydroxylation is 3. The van der Waals surface area contributed by atoms with Crippen LogP contribution in [0, 0.1) is 20.8 Å². The number of fused-ring (bicyclic) bond motifs is 1. The van der Waals surface area contributed by atoms with Crippen LogP contribution in [0.25, 0.3) is 5.65 Å². The molecule has 6 nitrogen and oxygen atoms in total. The summed E-state index contributed by atoms with van der Waals surface area (Å²) < 4.78 is 7.06. The smallest absolute Gasteiger partial charge is 0.341 e. The van der Waals surface area contributed by atoms with E-state index < -0.39 is 5.97 Å². The molecule has 7 heteroatoms. The molecule has 0 saturated heterocycles. The van der Waals surface area contributed by atoms with Crippen LogP contribution < -0.4 is 5.32 Å². The summed E-state index contributed by atoms with van der Waals surface area (Å²) in [7, 11) is 0.